The van der Waals surface area contributed by atoms with Crippen LogP contribution in [0.5, 0.6) is 0 Å². The van der Waals surface area contributed by atoms with Gasteiger partial charge in [0.05, 0.1) is 11.5 Å². The Morgan fingerprint density at radius 3 is 2.66 bits per heavy atom. The number of aliphatic hydroxyl groups excluding tert-OH is 1. The maximum Gasteiger partial charge on any atom is 0.287 e. The van der Waals surface area contributed by atoms with Gasteiger partial charge in [0, 0.05) is 31.9 Å². The van der Waals surface area contributed by atoms with E-state index in [1.807, 2.05) is 24.3 Å². The van der Waals surface area contributed by atoms with Crippen LogP contribution < -0.4 is 15.5 Å². The summed E-state index contributed by atoms with van der Waals surface area (Å²) >= 11 is 0. The lowest BCUT2D eigenvalue weighted by Gasteiger charge is -2.38. The number of rotatable bonds is 3. The second kappa shape index (κ2) is 8.30. The number of aromatic nitrogens is 4. The third kappa shape index (κ3) is 3.54. The molecule has 1 aliphatic carbocycles. The summed E-state index contributed by atoms with van der Waals surface area (Å²) in [6, 6.07) is 7.96. The summed E-state index contributed by atoms with van der Waals surface area (Å²) in [5, 5.41) is 15.8. The van der Waals surface area contributed by atoms with Gasteiger partial charge in [-0.15, -0.1) is 0 Å². The predicted octanol–water partition coefficient (Wildman–Crippen LogP) is 1.89. The number of hydrogen-bond donors (Lipinski definition) is 3. The lowest BCUT2D eigenvalue weighted by Crippen LogP contribution is -2.46. The Morgan fingerprint density at radius 1 is 1.14 bits per heavy atom. The van der Waals surface area contributed by atoms with Gasteiger partial charge < -0.3 is 25.2 Å². The number of nitrogens with one attached hydrogen (secondary N) is 2. The van der Waals surface area contributed by atoms with Crippen LogP contribution in [0.2, 0.25) is 0 Å². The number of benzene rings is 1. The SMILES string of the molecule is Cn1c(C(=O)NC2CCC(O)CC2)nc2c(N3CCC4(CC3)C(=O)Nc3ccccc34)ncnc21. The van der Waals surface area contributed by atoms with Gasteiger partial charge >= 0.3 is 0 Å². The van der Waals surface area contributed by atoms with Crippen LogP contribution in [-0.2, 0) is 17.3 Å². The van der Waals surface area contributed by atoms with Gasteiger partial charge in [0.2, 0.25) is 11.7 Å². The third-order valence-corrected chi connectivity index (χ3v) is 7.91. The van der Waals surface area contributed by atoms with E-state index in [-0.39, 0.29) is 24.0 Å². The van der Waals surface area contributed by atoms with Crippen molar-refractivity contribution in [2.45, 2.75) is 56.1 Å². The van der Waals surface area contributed by atoms with Crippen LogP contribution in [0.1, 0.15) is 54.7 Å². The van der Waals surface area contributed by atoms with Crippen LogP contribution in [-0.4, -0.2) is 61.7 Å². The number of aryl methyl sites for hydroxylation is 1. The molecule has 1 saturated heterocycles. The number of imidazole rings is 1. The number of hydrogen-bond acceptors (Lipinski definition) is 7. The first-order valence-corrected chi connectivity index (χ1v) is 12.3. The highest BCUT2D eigenvalue weighted by molar-refractivity contribution is 6.06. The minimum atomic E-state index is -0.512. The van der Waals surface area contributed by atoms with Gasteiger partial charge in [0.15, 0.2) is 17.0 Å². The summed E-state index contributed by atoms with van der Waals surface area (Å²) in [6.45, 7) is 1.30. The average Bonchev–Trinajstić information content (AvgIpc) is 3.35. The molecule has 6 rings (SSSR count). The van der Waals surface area contributed by atoms with E-state index in [0.29, 0.717) is 61.6 Å². The monoisotopic (exact) mass is 475 g/mol. The van der Waals surface area contributed by atoms with Crippen LogP contribution in [0.3, 0.4) is 0 Å². The molecule has 1 aromatic carbocycles. The summed E-state index contributed by atoms with van der Waals surface area (Å²) in [5.41, 5.74) is 2.66. The fraction of sp³-hybridized carbons (Fsp3) is 0.480. The van der Waals surface area contributed by atoms with Crippen molar-refractivity contribution in [3.63, 3.8) is 0 Å². The van der Waals surface area contributed by atoms with E-state index in [2.05, 4.69) is 30.5 Å². The van der Waals surface area contributed by atoms with Gasteiger partial charge in [0.25, 0.3) is 5.91 Å². The predicted molar refractivity (Wildman–Crippen MR) is 130 cm³/mol. The Kier molecular flexibility index (Phi) is 5.21. The van der Waals surface area contributed by atoms with Gasteiger partial charge in [0.1, 0.15) is 6.33 Å². The van der Waals surface area contributed by atoms with E-state index >= 15 is 0 Å². The number of piperidine rings is 1. The molecule has 10 heteroatoms. The molecule has 182 valence electrons. The summed E-state index contributed by atoms with van der Waals surface area (Å²) < 4.78 is 1.71. The van der Waals surface area contributed by atoms with Crippen molar-refractivity contribution < 1.29 is 14.7 Å². The number of amides is 2. The molecule has 0 unspecified atom stereocenters. The Morgan fingerprint density at radius 2 is 1.89 bits per heavy atom. The maximum atomic E-state index is 13.0. The minimum absolute atomic E-state index is 0.0370. The first-order chi connectivity index (χ1) is 17.0. The molecule has 2 amide bonds. The van der Waals surface area contributed by atoms with Crippen molar-refractivity contribution in [3.05, 3.63) is 42.0 Å². The molecule has 0 radical (unpaired) electrons. The number of aliphatic hydroxyl groups is 1. The van der Waals surface area contributed by atoms with E-state index < -0.39 is 5.41 Å². The first kappa shape index (κ1) is 22.0. The lowest BCUT2D eigenvalue weighted by molar-refractivity contribution is -0.121. The molecule has 1 saturated carbocycles. The van der Waals surface area contributed by atoms with Crippen LogP contribution in [0.4, 0.5) is 11.5 Å². The Hall–Kier alpha value is -3.53. The molecule has 4 heterocycles. The van der Waals surface area contributed by atoms with Crippen LogP contribution in [0.15, 0.2) is 30.6 Å². The molecule has 3 N–H and O–H groups in total. The fourth-order valence-corrected chi connectivity index (χ4v) is 5.86. The molecule has 2 aromatic heterocycles. The van der Waals surface area contributed by atoms with Crippen LogP contribution in [0.25, 0.3) is 11.2 Å². The Balaban J connectivity index is 1.24. The zero-order chi connectivity index (χ0) is 24.2. The number of carbonyl (C=O) groups excluding carboxylic acids is 2. The highest BCUT2D eigenvalue weighted by Crippen LogP contribution is 2.45. The normalized spacial score (nSPS) is 23.4. The Bertz CT molecular complexity index is 1300. The molecule has 1 spiro atoms. The number of nitrogens with zero attached hydrogens (tertiary/aromatic N) is 5. The van der Waals surface area contributed by atoms with Gasteiger partial charge in [-0.3, -0.25) is 9.59 Å². The summed E-state index contributed by atoms with van der Waals surface area (Å²) in [4.78, 5) is 41.7. The van der Waals surface area contributed by atoms with Crippen molar-refractivity contribution in [3.8, 4) is 0 Å². The summed E-state index contributed by atoms with van der Waals surface area (Å²) in [5.74, 6) is 0.810. The quantitative estimate of drug-likeness (QED) is 0.528. The molecular formula is C25H29N7O3. The van der Waals surface area contributed by atoms with Crippen molar-refractivity contribution in [1.29, 1.82) is 0 Å². The fourth-order valence-electron chi connectivity index (χ4n) is 5.86. The zero-order valence-corrected chi connectivity index (χ0v) is 19.7. The largest absolute Gasteiger partial charge is 0.393 e. The number of carbonyl (C=O) groups is 2. The Labute approximate surface area is 202 Å². The van der Waals surface area contributed by atoms with Crippen molar-refractivity contribution in [1.82, 2.24) is 24.8 Å². The average molecular weight is 476 g/mol. The van der Waals surface area contributed by atoms with E-state index in [1.165, 1.54) is 6.33 Å². The molecule has 2 aliphatic heterocycles. The summed E-state index contributed by atoms with van der Waals surface area (Å²) in [6.07, 6.45) is 5.49. The topological polar surface area (TPSA) is 125 Å². The van der Waals surface area contributed by atoms with Crippen molar-refractivity contribution >= 4 is 34.5 Å². The first-order valence-electron chi connectivity index (χ1n) is 12.3. The number of anilines is 2. The van der Waals surface area contributed by atoms with Gasteiger partial charge in [-0.2, -0.15) is 0 Å². The lowest BCUT2D eigenvalue weighted by atomic mass is 9.73. The minimum Gasteiger partial charge on any atom is -0.393 e. The second-order valence-electron chi connectivity index (χ2n) is 9.91. The second-order valence-corrected chi connectivity index (χ2v) is 9.91. The highest BCUT2D eigenvalue weighted by Gasteiger charge is 2.48. The number of fused-ring (bicyclic) bond motifs is 3. The standard InChI is InChI=1S/C25H29N7O3/c1-31-20-19(30-22(31)23(34)28-15-6-8-16(33)9-7-15)21(27-14-26-20)32-12-10-25(11-13-32)17-4-2-3-5-18(17)29-24(25)35/h2-5,14-16,33H,6-13H2,1H3,(H,28,34)(H,29,35). The molecule has 3 aromatic rings. The van der Waals surface area contributed by atoms with Gasteiger partial charge in [-0.1, -0.05) is 18.2 Å². The van der Waals surface area contributed by atoms with Gasteiger partial charge in [-0.05, 0) is 50.2 Å². The molecule has 0 bridgehead atoms. The highest BCUT2D eigenvalue weighted by atomic mass is 16.3. The van der Waals surface area contributed by atoms with E-state index in [4.69, 9.17) is 0 Å². The van der Waals surface area contributed by atoms with E-state index in [0.717, 1.165) is 24.1 Å². The molecule has 3 aliphatic rings. The van der Waals surface area contributed by atoms with E-state index in [9.17, 15) is 14.7 Å². The molecule has 2 fully saturated rings. The maximum absolute atomic E-state index is 13.0. The molecule has 35 heavy (non-hydrogen) atoms. The number of para-hydroxylation sites is 1. The van der Waals surface area contributed by atoms with Crippen molar-refractivity contribution in [2.24, 2.45) is 7.05 Å². The summed E-state index contributed by atoms with van der Waals surface area (Å²) in [7, 11) is 1.79. The van der Waals surface area contributed by atoms with Crippen LogP contribution in [0, 0.1) is 0 Å². The smallest absolute Gasteiger partial charge is 0.287 e. The van der Waals surface area contributed by atoms with Gasteiger partial charge in [-0.25, -0.2) is 15.0 Å². The molecule has 10 nitrogen and oxygen atoms in total. The van der Waals surface area contributed by atoms with Crippen LogP contribution >= 0.6 is 0 Å². The molecular weight excluding hydrogens is 446 g/mol. The zero-order valence-electron chi connectivity index (χ0n) is 19.7. The molecule has 0 atom stereocenters. The van der Waals surface area contributed by atoms with E-state index in [1.54, 1.807) is 11.6 Å². The van der Waals surface area contributed by atoms with Crippen molar-refractivity contribution in [2.75, 3.05) is 23.3 Å². The third-order valence-electron chi connectivity index (χ3n) is 7.91.